The Bertz CT molecular complexity index is 102. The summed E-state index contributed by atoms with van der Waals surface area (Å²) in [6.07, 6.45) is 0. The van der Waals surface area contributed by atoms with E-state index in [0.29, 0.717) is 0 Å². The molecule has 0 aliphatic rings. The Morgan fingerprint density at radius 3 is 1.44 bits per heavy atom. The van der Waals surface area contributed by atoms with Crippen molar-refractivity contribution in [2.24, 2.45) is 5.16 Å². The number of halogens is 4. The number of hydrogen-bond donors (Lipinski definition) is 1. The second-order valence-electron chi connectivity index (χ2n) is 1.13. The van der Waals surface area contributed by atoms with E-state index in [0.717, 1.165) is 0 Å². The molecule has 0 aliphatic carbocycles. The first kappa shape index (κ1) is 9.63. The van der Waals surface area contributed by atoms with Crippen LogP contribution in [0.15, 0.2) is 5.16 Å². The van der Waals surface area contributed by atoms with Crippen molar-refractivity contribution in [1.82, 2.24) is 0 Å². The second kappa shape index (κ2) is 4.45. The lowest BCUT2D eigenvalue weighted by Crippen LogP contribution is -2.16. The number of oxime groups is 1. The van der Waals surface area contributed by atoms with Crippen molar-refractivity contribution in [3.05, 3.63) is 0 Å². The van der Waals surface area contributed by atoms with E-state index < -0.39 is 9.67 Å². The van der Waals surface area contributed by atoms with Crippen molar-refractivity contribution >= 4 is 52.1 Å². The van der Waals surface area contributed by atoms with Crippen LogP contribution in [0.1, 0.15) is 0 Å². The van der Waals surface area contributed by atoms with E-state index in [1.165, 1.54) is 0 Å². The monoisotopic (exact) mass is 209 g/mol. The molecule has 0 heterocycles. The fraction of sp³-hybridized carbons (Fsp3) is 0.667. The molecule has 0 spiro atoms. The Balaban J connectivity index is 4.01. The van der Waals surface area contributed by atoms with Gasteiger partial charge in [-0.05, 0) is 0 Å². The summed E-state index contributed by atoms with van der Waals surface area (Å²) in [4.78, 5) is -1.93. The third-order valence-electron chi connectivity index (χ3n) is 0.563. The SMILES string of the molecule is ON=C(C(Cl)Cl)C(Cl)Cl. The molecule has 0 saturated carbocycles. The summed E-state index contributed by atoms with van der Waals surface area (Å²) in [5.74, 6) is 0. The summed E-state index contributed by atoms with van der Waals surface area (Å²) < 4.78 is 0. The molecule has 0 aromatic rings. The first-order valence-electron chi connectivity index (χ1n) is 1.87. The molecule has 0 rings (SSSR count). The quantitative estimate of drug-likeness (QED) is 0.323. The highest BCUT2D eigenvalue weighted by molar-refractivity contribution is 6.64. The van der Waals surface area contributed by atoms with Crippen LogP contribution in [0.2, 0.25) is 0 Å². The third-order valence-corrected chi connectivity index (χ3v) is 1.46. The Kier molecular flexibility index (Phi) is 4.76. The van der Waals surface area contributed by atoms with Crippen LogP contribution >= 0.6 is 46.4 Å². The molecule has 6 heteroatoms. The minimum Gasteiger partial charge on any atom is -0.411 e. The van der Waals surface area contributed by atoms with E-state index >= 15 is 0 Å². The van der Waals surface area contributed by atoms with E-state index in [9.17, 15) is 0 Å². The van der Waals surface area contributed by atoms with Crippen LogP contribution in [0.3, 0.4) is 0 Å². The molecule has 0 aromatic carbocycles. The van der Waals surface area contributed by atoms with Gasteiger partial charge in [0.2, 0.25) is 0 Å². The normalized spacial score (nSPS) is 10.4. The number of rotatable bonds is 2. The molecule has 0 amide bonds. The number of nitrogens with zero attached hydrogens (tertiary/aromatic N) is 1. The van der Waals surface area contributed by atoms with Gasteiger partial charge in [0.05, 0.1) is 0 Å². The van der Waals surface area contributed by atoms with Crippen LogP contribution in [0.4, 0.5) is 0 Å². The Morgan fingerprint density at radius 1 is 1.11 bits per heavy atom. The molecule has 54 valence electrons. The van der Waals surface area contributed by atoms with E-state index in [4.69, 9.17) is 51.6 Å². The van der Waals surface area contributed by atoms with Crippen molar-refractivity contribution in [2.75, 3.05) is 0 Å². The van der Waals surface area contributed by atoms with Gasteiger partial charge in [0.15, 0.2) is 9.67 Å². The van der Waals surface area contributed by atoms with Gasteiger partial charge in [-0.25, -0.2) is 0 Å². The molecule has 0 bridgehead atoms. The summed E-state index contributed by atoms with van der Waals surface area (Å²) in [5, 5.41) is 10.8. The standard InChI is InChI=1S/C3H3Cl4NO/c4-2(5)1(8-9)3(6)7/h2-3,9H. The molecule has 0 fully saturated rings. The minimum atomic E-state index is -0.963. The Morgan fingerprint density at radius 2 is 1.44 bits per heavy atom. The summed E-state index contributed by atoms with van der Waals surface area (Å²) in [6, 6.07) is 0. The maximum absolute atomic E-state index is 8.12. The lowest BCUT2D eigenvalue weighted by atomic mass is 10.5. The van der Waals surface area contributed by atoms with Crippen LogP contribution in [0.25, 0.3) is 0 Å². The van der Waals surface area contributed by atoms with Crippen LogP contribution in [-0.4, -0.2) is 20.6 Å². The smallest absolute Gasteiger partial charge is 0.151 e. The van der Waals surface area contributed by atoms with E-state index in [1.54, 1.807) is 0 Å². The highest BCUT2D eigenvalue weighted by atomic mass is 35.5. The van der Waals surface area contributed by atoms with Gasteiger partial charge in [-0.15, -0.1) is 0 Å². The fourth-order valence-electron chi connectivity index (χ4n) is 0.183. The van der Waals surface area contributed by atoms with Crippen LogP contribution in [0, 0.1) is 0 Å². The molecule has 1 N–H and O–H groups in total. The van der Waals surface area contributed by atoms with Crippen LogP contribution in [-0.2, 0) is 0 Å². The predicted molar refractivity (Wildman–Crippen MR) is 40.2 cm³/mol. The third kappa shape index (κ3) is 3.36. The largest absolute Gasteiger partial charge is 0.411 e. The highest BCUT2D eigenvalue weighted by Crippen LogP contribution is 2.14. The van der Waals surface area contributed by atoms with E-state index in [1.807, 2.05) is 0 Å². The van der Waals surface area contributed by atoms with Crippen LogP contribution in [0.5, 0.6) is 0 Å². The summed E-state index contributed by atoms with van der Waals surface area (Å²) >= 11 is 21.0. The van der Waals surface area contributed by atoms with Gasteiger partial charge in [-0.1, -0.05) is 51.6 Å². The van der Waals surface area contributed by atoms with Gasteiger partial charge in [0.1, 0.15) is 5.71 Å². The molecule has 0 atom stereocenters. The average molecular weight is 211 g/mol. The van der Waals surface area contributed by atoms with Gasteiger partial charge in [0.25, 0.3) is 0 Å². The van der Waals surface area contributed by atoms with Gasteiger partial charge >= 0.3 is 0 Å². The van der Waals surface area contributed by atoms with Gasteiger partial charge in [-0.3, -0.25) is 0 Å². The summed E-state index contributed by atoms with van der Waals surface area (Å²) in [5.41, 5.74) is -0.0679. The minimum absolute atomic E-state index is 0.0679. The van der Waals surface area contributed by atoms with Crippen molar-refractivity contribution in [1.29, 1.82) is 0 Å². The number of alkyl halides is 4. The molecule has 9 heavy (non-hydrogen) atoms. The Hall–Kier alpha value is 0.630. The zero-order valence-electron chi connectivity index (χ0n) is 4.06. The fourth-order valence-corrected chi connectivity index (χ4v) is 1.12. The Labute approximate surface area is 72.3 Å². The van der Waals surface area contributed by atoms with Gasteiger partial charge in [-0.2, -0.15) is 0 Å². The second-order valence-corrected chi connectivity index (χ2v) is 3.32. The first-order chi connectivity index (χ1) is 4.09. The predicted octanol–water partition coefficient (Wildman–Crippen LogP) is 2.42. The van der Waals surface area contributed by atoms with Crippen molar-refractivity contribution < 1.29 is 5.21 Å². The lowest BCUT2D eigenvalue weighted by molar-refractivity contribution is 0.318. The molecule has 0 aliphatic heterocycles. The maximum Gasteiger partial charge on any atom is 0.151 e. The molecular weight excluding hydrogens is 208 g/mol. The molecule has 2 nitrogen and oxygen atoms in total. The zero-order valence-corrected chi connectivity index (χ0v) is 7.08. The van der Waals surface area contributed by atoms with Gasteiger partial charge in [0, 0.05) is 0 Å². The molecule has 0 radical (unpaired) electrons. The van der Waals surface area contributed by atoms with Crippen molar-refractivity contribution in [3.8, 4) is 0 Å². The van der Waals surface area contributed by atoms with E-state index in [-0.39, 0.29) is 5.71 Å². The van der Waals surface area contributed by atoms with E-state index in [2.05, 4.69) is 5.16 Å². The molecule has 0 saturated heterocycles. The zero-order chi connectivity index (χ0) is 7.44. The molecule has 0 aromatic heterocycles. The number of hydrogen-bond acceptors (Lipinski definition) is 2. The molecule has 0 unspecified atom stereocenters. The topological polar surface area (TPSA) is 32.6 Å². The first-order valence-corrected chi connectivity index (χ1v) is 3.62. The van der Waals surface area contributed by atoms with Crippen molar-refractivity contribution in [3.63, 3.8) is 0 Å². The lowest BCUT2D eigenvalue weighted by Gasteiger charge is -2.02. The van der Waals surface area contributed by atoms with Gasteiger partial charge < -0.3 is 5.21 Å². The molecular formula is C3H3Cl4NO. The average Bonchev–Trinajstić information content (AvgIpc) is 1.64. The summed E-state index contributed by atoms with van der Waals surface area (Å²) in [7, 11) is 0. The summed E-state index contributed by atoms with van der Waals surface area (Å²) in [6.45, 7) is 0. The van der Waals surface area contributed by atoms with Crippen molar-refractivity contribution in [2.45, 2.75) is 9.67 Å². The maximum atomic E-state index is 8.12. The van der Waals surface area contributed by atoms with Crippen LogP contribution < -0.4 is 0 Å². The highest BCUT2D eigenvalue weighted by Gasteiger charge is 2.17.